The van der Waals surface area contributed by atoms with E-state index in [-0.39, 0.29) is 11.9 Å². The van der Waals surface area contributed by atoms with Crippen LogP contribution >= 0.6 is 0 Å². The van der Waals surface area contributed by atoms with E-state index in [4.69, 9.17) is 0 Å². The third-order valence-corrected chi connectivity index (χ3v) is 3.38. The van der Waals surface area contributed by atoms with Crippen LogP contribution in [0, 0.1) is 19.7 Å². The van der Waals surface area contributed by atoms with Crippen molar-refractivity contribution in [3.63, 3.8) is 0 Å². The van der Waals surface area contributed by atoms with E-state index in [1.807, 2.05) is 32.0 Å². The molecule has 20 heavy (non-hydrogen) atoms. The third-order valence-electron chi connectivity index (χ3n) is 3.38. The summed E-state index contributed by atoms with van der Waals surface area (Å²) in [7, 11) is 0. The molecule has 1 atom stereocenters. The Bertz CT molecular complexity index is 564. The highest BCUT2D eigenvalue weighted by molar-refractivity contribution is 5.34. The summed E-state index contributed by atoms with van der Waals surface area (Å²) >= 11 is 0. The van der Waals surface area contributed by atoms with Gasteiger partial charge in [0.25, 0.3) is 0 Å². The van der Waals surface area contributed by atoms with Crippen molar-refractivity contribution in [2.75, 3.05) is 6.54 Å². The van der Waals surface area contributed by atoms with Crippen molar-refractivity contribution in [1.29, 1.82) is 0 Å². The predicted molar refractivity (Wildman–Crippen MR) is 80.2 cm³/mol. The van der Waals surface area contributed by atoms with Crippen molar-refractivity contribution in [1.82, 2.24) is 10.3 Å². The summed E-state index contributed by atoms with van der Waals surface area (Å²) < 4.78 is 13.1. The van der Waals surface area contributed by atoms with Crippen LogP contribution in [0.4, 0.5) is 4.39 Å². The highest BCUT2D eigenvalue weighted by Gasteiger charge is 2.16. The van der Waals surface area contributed by atoms with Gasteiger partial charge in [0.2, 0.25) is 0 Å². The molecule has 0 fully saturated rings. The lowest BCUT2D eigenvalue weighted by atomic mass is 9.97. The Hall–Kier alpha value is -1.74. The number of halogens is 1. The quantitative estimate of drug-likeness (QED) is 0.892. The summed E-state index contributed by atoms with van der Waals surface area (Å²) in [5.41, 5.74) is 4.24. The number of pyridine rings is 1. The molecular weight excluding hydrogens is 251 g/mol. The average Bonchev–Trinajstić information content (AvgIpc) is 2.42. The Morgan fingerprint density at radius 1 is 1.10 bits per heavy atom. The number of benzene rings is 1. The van der Waals surface area contributed by atoms with Crippen LogP contribution in [0.5, 0.6) is 0 Å². The van der Waals surface area contributed by atoms with Crippen LogP contribution in [0.15, 0.2) is 36.4 Å². The number of rotatable bonds is 5. The average molecular weight is 272 g/mol. The number of hydrogen-bond acceptors (Lipinski definition) is 2. The van der Waals surface area contributed by atoms with Crippen molar-refractivity contribution in [2.45, 2.75) is 33.2 Å². The van der Waals surface area contributed by atoms with Crippen LogP contribution < -0.4 is 5.32 Å². The van der Waals surface area contributed by atoms with Gasteiger partial charge in [-0.3, -0.25) is 4.98 Å². The van der Waals surface area contributed by atoms with Gasteiger partial charge in [-0.1, -0.05) is 25.1 Å². The molecule has 0 aliphatic heterocycles. The highest BCUT2D eigenvalue weighted by atomic mass is 19.1. The van der Waals surface area contributed by atoms with Crippen molar-refractivity contribution in [3.8, 4) is 0 Å². The minimum Gasteiger partial charge on any atom is -0.306 e. The van der Waals surface area contributed by atoms with E-state index < -0.39 is 0 Å². The summed E-state index contributed by atoms with van der Waals surface area (Å²) in [5.74, 6) is -0.207. The zero-order valence-electron chi connectivity index (χ0n) is 12.3. The van der Waals surface area contributed by atoms with Crippen molar-refractivity contribution in [3.05, 3.63) is 64.7 Å². The van der Waals surface area contributed by atoms with Gasteiger partial charge in [-0.2, -0.15) is 0 Å². The minimum atomic E-state index is -0.207. The molecule has 0 amide bonds. The van der Waals surface area contributed by atoms with E-state index in [1.165, 1.54) is 12.1 Å². The molecule has 0 saturated carbocycles. The fraction of sp³-hybridized carbons (Fsp3) is 0.353. The second-order valence-corrected chi connectivity index (χ2v) is 5.07. The van der Waals surface area contributed by atoms with E-state index in [9.17, 15) is 4.39 Å². The first-order valence-electron chi connectivity index (χ1n) is 7.04. The van der Waals surface area contributed by atoms with Gasteiger partial charge in [0, 0.05) is 11.4 Å². The van der Waals surface area contributed by atoms with Gasteiger partial charge in [0.05, 0.1) is 6.04 Å². The van der Waals surface area contributed by atoms with Crippen LogP contribution in [-0.4, -0.2) is 11.5 Å². The molecule has 106 valence electrons. The van der Waals surface area contributed by atoms with E-state index in [0.29, 0.717) is 0 Å². The molecule has 0 spiro atoms. The van der Waals surface area contributed by atoms with Crippen LogP contribution in [0.2, 0.25) is 0 Å². The summed E-state index contributed by atoms with van der Waals surface area (Å²) in [4.78, 5) is 4.53. The molecule has 0 aliphatic rings. The molecule has 1 N–H and O–H groups in total. The molecule has 2 rings (SSSR count). The zero-order chi connectivity index (χ0) is 14.5. The molecule has 1 unspecified atom stereocenters. The van der Waals surface area contributed by atoms with E-state index in [2.05, 4.69) is 23.3 Å². The largest absolute Gasteiger partial charge is 0.306 e. The Morgan fingerprint density at radius 3 is 2.40 bits per heavy atom. The SMILES string of the molecule is CCCNC(c1ccc(F)cc1)c1ccc(C)nc1C. The standard InChI is InChI=1S/C17H21FN2/c1-4-11-19-17(14-6-8-15(18)9-7-14)16-10-5-12(2)20-13(16)3/h5-10,17,19H,4,11H2,1-3H3. The maximum atomic E-state index is 13.1. The molecule has 0 saturated heterocycles. The van der Waals surface area contributed by atoms with E-state index >= 15 is 0 Å². The lowest BCUT2D eigenvalue weighted by Crippen LogP contribution is -2.24. The maximum Gasteiger partial charge on any atom is 0.123 e. The maximum absolute atomic E-state index is 13.1. The van der Waals surface area contributed by atoms with Crippen LogP contribution in [0.3, 0.4) is 0 Å². The van der Waals surface area contributed by atoms with Crippen LogP contribution in [-0.2, 0) is 0 Å². The molecule has 1 aromatic heterocycles. The second-order valence-electron chi connectivity index (χ2n) is 5.07. The predicted octanol–water partition coefficient (Wildman–Crippen LogP) is 3.93. The molecular formula is C17H21FN2. The molecule has 1 aromatic carbocycles. The molecule has 2 aromatic rings. The molecule has 3 heteroatoms. The molecule has 0 radical (unpaired) electrons. The van der Waals surface area contributed by atoms with E-state index in [0.717, 1.165) is 35.5 Å². The first kappa shape index (κ1) is 14.7. The van der Waals surface area contributed by atoms with Crippen molar-refractivity contribution >= 4 is 0 Å². The first-order valence-corrected chi connectivity index (χ1v) is 7.04. The van der Waals surface area contributed by atoms with Gasteiger partial charge in [0.1, 0.15) is 5.82 Å². The Balaban J connectivity index is 2.38. The fourth-order valence-electron chi connectivity index (χ4n) is 2.35. The molecule has 1 heterocycles. The van der Waals surface area contributed by atoms with Gasteiger partial charge in [-0.25, -0.2) is 4.39 Å². The van der Waals surface area contributed by atoms with Gasteiger partial charge < -0.3 is 5.32 Å². The van der Waals surface area contributed by atoms with Crippen molar-refractivity contribution < 1.29 is 4.39 Å². The van der Waals surface area contributed by atoms with E-state index in [1.54, 1.807) is 0 Å². The van der Waals surface area contributed by atoms with Crippen LogP contribution in [0.25, 0.3) is 0 Å². The zero-order valence-corrected chi connectivity index (χ0v) is 12.3. The summed E-state index contributed by atoms with van der Waals surface area (Å²) in [6, 6.07) is 10.9. The number of hydrogen-bond donors (Lipinski definition) is 1. The number of nitrogens with one attached hydrogen (secondary N) is 1. The lowest BCUT2D eigenvalue weighted by Gasteiger charge is -2.21. The summed E-state index contributed by atoms with van der Waals surface area (Å²) in [6.45, 7) is 7.06. The highest BCUT2D eigenvalue weighted by Crippen LogP contribution is 2.24. The Labute approximate surface area is 120 Å². The van der Waals surface area contributed by atoms with Crippen LogP contribution in [0.1, 0.15) is 41.9 Å². The lowest BCUT2D eigenvalue weighted by molar-refractivity contribution is 0.589. The first-order chi connectivity index (χ1) is 9.61. The summed E-state index contributed by atoms with van der Waals surface area (Å²) in [6.07, 6.45) is 1.05. The Kier molecular flexibility index (Phi) is 4.85. The van der Waals surface area contributed by atoms with Gasteiger partial charge >= 0.3 is 0 Å². The molecule has 0 bridgehead atoms. The Morgan fingerprint density at radius 2 is 1.80 bits per heavy atom. The van der Waals surface area contributed by atoms with Gasteiger partial charge in [-0.05, 0) is 56.1 Å². The molecule has 2 nitrogen and oxygen atoms in total. The smallest absolute Gasteiger partial charge is 0.123 e. The monoisotopic (exact) mass is 272 g/mol. The minimum absolute atomic E-state index is 0.0589. The topological polar surface area (TPSA) is 24.9 Å². The fourth-order valence-corrected chi connectivity index (χ4v) is 2.35. The normalized spacial score (nSPS) is 12.4. The summed E-state index contributed by atoms with van der Waals surface area (Å²) in [5, 5.41) is 3.52. The van der Waals surface area contributed by atoms with Gasteiger partial charge in [-0.15, -0.1) is 0 Å². The second kappa shape index (κ2) is 6.62. The number of aromatic nitrogens is 1. The number of nitrogens with zero attached hydrogens (tertiary/aromatic N) is 1. The van der Waals surface area contributed by atoms with Gasteiger partial charge in [0.15, 0.2) is 0 Å². The molecule has 0 aliphatic carbocycles. The number of aryl methyl sites for hydroxylation is 2. The third kappa shape index (κ3) is 3.42. The van der Waals surface area contributed by atoms with Crippen molar-refractivity contribution in [2.24, 2.45) is 0 Å².